The second kappa shape index (κ2) is 54.1. The highest BCUT2D eigenvalue weighted by Gasteiger charge is 2.19. The SMILES string of the molecule is CC\C=C/C=C\C=C/C=C\C=C\C=C/C=C\CCCCCC(=O)OCC(COC(=O)CCCCCCC\C=C/C=C\C=C/C=C\CC)OC(=O)CCCCC/C=C\C/C=C\C/C=C\C/C=C\CC. The maximum atomic E-state index is 12.8. The Hall–Kier alpha value is -5.49. The zero-order valence-electron chi connectivity index (χ0n) is 42.5. The Kier molecular flexibility index (Phi) is 49.7. The van der Waals surface area contributed by atoms with Crippen molar-refractivity contribution >= 4 is 17.9 Å². The lowest BCUT2D eigenvalue weighted by molar-refractivity contribution is -0.167. The predicted octanol–water partition coefficient (Wildman–Crippen LogP) is 17.4. The number of ether oxygens (including phenoxy) is 3. The van der Waals surface area contributed by atoms with Gasteiger partial charge in [0.05, 0.1) is 0 Å². The molecule has 0 saturated carbocycles. The van der Waals surface area contributed by atoms with Gasteiger partial charge in [0.25, 0.3) is 0 Å². The lowest BCUT2D eigenvalue weighted by Crippen LogP contribution is -2.30. The number of esters is 3. The first-order valence-electron chi connectivity index (χ1n) is 25.9. The number of unbranched alkanes of at least 4 members (excludes halogenated alkanes) is 11. The minimum atomic E-state index is -0.835. The van der Waals surface area contributed by atoms with Crippen molar-refractivity contribution in [2.75, 3.05) is 13.2 Å². The number of carbonyl (C=O) groups excluding carboxylic acids is 3. The molecule has 0 spiro atoms. The van der Waals surface area contributed by atoms with E-state index in [1.165, 1.54) is 0 Å². The van der Waals surface area contributed by atoms with Crippen LogP contribution in [-0.2, 0) is 28.6 Å². The van der Waals surface area contributed by atoms with Crippen LogP contribution in [0.4, 0.5) is 0 Å². The molecule has 6 heteroatoms. The Labute approximate surface area is 414 Å². The minimum absolute atomic E-state index is 0.129. The normalized spacial score (nSPS) is 13.6. The van der Waals surface area contributed by atoms with Crippen LogP contribution >= 0.6 is 0 Å². The van der Waals surface area contributed by atoms with Crippen LogP contribution in [-0.4, -0.2) is 37.2 Å². The maximum Gasteiger partial charge on any atom is 0.306 e. The molecule has 0 aromatic heterocycles. The summed E-state index contributed by atoms with van der Waals surface area (Å²) in [5.41, 5.74) is 0. The summed E-state index contributed by atoms with van der Waals surface area (Å²) in [6.07, 6.45) is 81.5. The monoisotopic (exact) mass is 931 g/mol. The molecule has 0 N–H and O–H groups in total. The lowest BCUT2D eigenvalue weighted by Gasteiger charge is -2.18. The second-order valence-electron chi connectivity index (χ2n) is 16.2. The number of rotatable bonds is 43. The molecule has 1 unspecified atom stereocenters. The average Bonchev–Trinajstić information content (AvgIpc) is 3.34. The van der Waals surface area contributed by atoms with Crippen LogP contribution in [0.15, 0.2) is 182 Å². The van der Waals surface area contributed by atoms with Crippen molar-refractivity contribution in [3.8, 4) is 0 Å². The van der Waals surface area contributed by atoms with Gasteiger partial charge in [0.15, 0.2) is 6.10 Å². The van der Waals surface area contributed by atoms with Gasteiger partial charge in [0.2, 0.25) is 0 Å². The fourth-order valence-electron chi connectivity index (χ4n) is 6.13. The van der Waals surface area contributed by atoms with Crippen LogP contribution in [0.25, 0.3) is 0 Å². The van der Waals surface area contributed by atoms with Crippen molar-refractivity contribution in [3.05, 3.63) is 182 Å². The van der Waals surface area contributed by atoms with Gasteiger partial charge in [-0.3, -0.25) is 14.4 Å². The average molecular weight is 931 g/mol. The van der Waals surface area contributed by atoms with Crippen LogP contribution in [0, 0.1) is 0 Å². The number of allylic oxidation sites excluding steroid dienone is 30. The number of hydrogen-bond acceptors (Lipinski definition) is 6. The molecule has 68 heavy (non-hydrogen) atoms. The fraction of sp³-hybridized carbons (Fsp3) is 0.468. The van der Waals surface area contributed by atoms with Crippen molar-refractivity contribution in [2.24, 2.45) is 0 Å². The van der Waals surface area contributed by atoms with E-state index in [1.54, 1.807) is 0 Å². The van der Waals surface area contributed by atoms with Gasteiger partial charge in [-0.25, -0.2) is 0 Å². The van der Waals surface area contributed by atoms with E-state index in [-0.39, 0.29) is 44.0 Å². The molecule has 0 rings (SSSR count). The summed E-state index contributed by atoms with van der Waals surface area (Å²) in [6.45, 7) is 6.11. The van der Waals surface area contributed by atoms with E-state index in [0.717, 1.165) is 116 Å². The van der Waals surface area contributed by atoms with E-state index in [4.69, 9.17) is 14.2 Å². The second-order valence-corrected chi connectivity index (χ2v) is 16.2. The molecule has 0 radical (unpaired) electrons. The first-order chi connectivity index (χ1) is 33.5. The maximum absolute atomic E-state index is 12.8. The molecule has 0 saturated heterocycles. The topological polar surface area (TPSA) is 78.9 Å². The highest BCUT2D eigenvalue weighted by molar-refractivity contribution is 5.71. The van der Waals surface area contributed by atoms with Crippen molar-refractivity contribution in [1.29, 1.82) is 0 Å². The Bertz CT molecular complexity index is 1680. The molecule has 6 nitrogen and oxygen atoms in total. The third-order valence-corrected chi connectivity index (χ3v) is 9.93. The van der Waals surface area contributed by atoms with Gasteiger partial charge in [0, 0.05) is 19.3 Å². The smallest absolute Gasteiger partial charge is 0.306 e. The predicted molar refractivity (Wildman–Crippen MR) is 292 cm³/mol. The lowest BCUT2D eigenvalue weighted by atomic mass is 10.1. The quantitative estimate of drug-likeness (QED) is 0.0199. The highest BCUT2D eigenvalue weighted by atomic mass is 16.6. The number of carbonyl (C=O) groups is 3. The summed E-state index contributed by atoms with van der Waals surface area (Å²) < 4.78 is 16.7. The fourth-order valence-corrected chi connectivity index (χ4v) is 6.13. The number of hydrogen-bond donors (Lipinski definition) is 0. The molecular formula is C62H90O6. The van der Waals surface area contributed by atoms with Crippen molar-refractivity contribution < 1.29 is 28.6 Å². The Balaban J connectivity index is 4.64. The van der Waals surface area contributed by atoms with Gasteiger partial charge in [-0.05, 0) is 96.3 Å². The van der Waals surface area contributed by atoms with Crippen LogP contribution in [0.2, 0.25) is 0 Å². The minimum Gasteiger partial charge on any atom is -0.462 e. The molecule has 0 aliphatic heterocycles. The molecular weight excluding hydrogens is 841 g/mol. The van der Waals surface area contributed by atoms with Gasteiger partial charge >= 0.3 is 17.9 Å². The van der Waals surface area contributed by atoms with Crippen LogP contribution < -0.4 is 0 Å². The summed E-state index contributed by atoms with van der Waals surface area (Å²) in [7, 11) is 0. The Morgan fingerprint density at radius 1 is 0.309 bits per heavy atom. The van der Waals surface area contributed by atoms with Crippen molar-refractivity contribution in [3.63, 3.8) is 0 Å². The molecule has 0 aromatic carbocycles. The Morgan fingerprint density at radius 3 is 1.01 bits per heavy atom. The molecule has 0 heterocycles. The molecule has 0 aliphatic carbocycles. The van der Waals surface area contributed by atoms with E-state index in [9.17, 15) is 14.4 Å². The molecule has 374 valence electrons. The third-order valence-electron chi connectivity index (χ3n) is 9.93. The van der Waals surface area contributed by atoms with E-state index in [0.29, 0.717) is 19.3 Å². The van der Waals surface area contributed by atoms with Crippen molar-refractivity contribution in [2.45, 2.75) is 175 Å². The highest BCUT2D eigenvalue weighted by Crippen LogP contribution is 2.12. The zero-order valence-corrected chi connectivity index (χ0v) is 42.5. The van der Waals surface area contributed by atoms with Gasteiger partial charge in [-0.2, -0.15) is 0 Å². The molecule has 1 atom stereocenters. The van der Waals surface area contributed by atoms with Crippen LogP contribution in [0.3, 0.4) is 0 Å². The van der Waals surface area contributed by atoms with E-state index in [2.05, 4.69) is 106 Å². The van der Waals surface area contributed by atoms with Gasteiger partial charge in [-0.15, -0.1) is 0 Å². The standard InChI is InChI=1S/C62H90O6/c1-4-7-10-13-16-19-22-25-28-30-31-32-35-37-40-43-46-49-52-55-61(64)67-58-59(57-66-60(63)54-51-48-45-42-39-36-33-27-24-21-18-15-12-9-6-3)68-62(65)56-53-50-47-44-41-38-34-29-26-23-20-17-14-11-8-5-2/h7-13,15-22,24-33,35,37-38,40-41,59H,4-6,14,23,34,36,39,42-58H2,1-3H3/b10-7-,11-8-,12-9-,16-13-,18-15-,20-17-,22-19-,24-21-,28-25-,29-26-,31-30+,33-27-,35-32-,40-37-,41-38-. The molecule has 0 aromatic rings. The summed E-state index contributed by atoms with van der Waals surface area (Å²) in [5.74, 6) is -1.05. The molecule has 0 amide bonds. The zero-order chi connectivity index (χ0) is 49.3. The van der Waals surface area contributed by atoms with E-state index in [1.807, 2.05) is 97.2 Å². The molecule has 0 aliphatic rings. The summed E-state index contributed by atoms with van der Waals surface area (Å²) >= 11 is 0. The van der Waals surface area contributed by atoms with Crippen molar-refractivity contribution in [1.82, 2.24) is 0 Å². The van der Waals surface area contributed by atoms with Gasteiger partial charge in [-0.1, -0.05) is 235 Å². The van der Waals surface area contributed by atoms with E-state index < -0.39 is 6.10 Å². The molecule has 0 fully saturated rings. The largest absolute Gasteiger partial charge is 0.462 e. The van der Waals surface area contributed by atoms with Crippen LogP contribution in [0.1, 0.15) is 168 Å². The van der Waals surface area contributed by atoms with Gasteiger partial charge in [0.1, 0.15) is 13.2 Å². The van der Waals surface area contributed by atoms with Gasteiger partial charge < -0.3 is 14.2 Å². The summed E-state index contributed by atoms with van der Waals surface area (Å²) in [4.78, 5) is 38.0. The Morgan fingerprint density at radius 2 is 0.603 bits per heavy atom. The molecule has 0 bridgehead atoms. The summed E-state index contributed by atoms with van der Waals surface area (Å²) in [6, 6.07) is 0. The van der Waals surface area contributed by atoms with E-state index >= 15 is 0 Å². The first kappa shape index (κ1) is 62.5. The van der Waals surface area contributed by atoms with Crippen LogP contribution in [0.5, 0.6) is 0 Å². The first-order valence-corrected chi connectivity index (χ1v) is 25.9. The third kappa shape index (κ3) is 51.5. The summed E-state index contributed by atoms with van der Waals surface area (Å²) in [5, 5.41) is 0.